The van der Waals surface area contributed by atoms with Gasteiger partial charge in [-0.2, -0.15) is 0 Å². The van der Waals surface area contributed by atoms with Gasteiger partial charge in [0.05, 0.1) is 11.9 Å². The van der Waals surface area contributed by atoms with Gasteiger partial charge in [0.25, 0.3) is 0 Å². The van der Waals surface area contributed by atoms with E-state index in [9.17, 15) is 13.0 Å². The number of rotatable bonds is 6. The summed E-state index contributed by atoms with van der Waals surface area (Å²) in [5, 5.41) is -0.429. The van der Waals surface area contributed by atoms with E-state index >= 15 is 0 Å². The average molecular weight is 310 g/mol. The van der Waals surface area contributed by atoms with Crippen LogP contribution in [0, 0.1) is 11.6 Å². The summed E-state index contributed by atoms with van der Waals surface area (Å²) in [6, 6.07) is 11.8. The average Bonchev–Trinajstić information content (AvgIpc) is 2.49. The fourth-order valence-electron chi connectivity index (χ4n) is 2.05. The zero-order valence-corrected chi connectivity index (χ0v) is 12.4. The van der Waals surface area contributed by atoms with Crippen LogP contribution in [0.2, 0.25) is 0 Å². The van der Waals surface area contributed by atoms with Crippen LogP contribution in [0.3, 0.4) is 0 Å². The molecular formula is C16H16F2O2S. The van der Waals surface area contributed by atoms with Crippen LogP contribution in [-0.4, -0.2) is 23.7 Å². The molecule has 0 saturated carbocycles. The van der Waals surface area contributed by atoms with Crippen molar-refractivity contribution in [2.24, 2.45) is 0 Å². The van der Waals surface area contributed by atoms with E-state index in [0.29, 0.717) is 12.4 Å². The van der Waals surface area contributed by atoms with Gasteiger partial charge in [-0.05, 0) is 35.4 Å². The second-order valence-electron chi connectivity index (χ2n) is 4.56. The first kappa shape index (κ1) is 15.8. The summed E-state index contributed by atoms with van der Waals surface area (Å²) < 4.78 is 43.6. The third kappa shape index (κ3) is 4.19. The summed E-state index contributed by atoms with van der Waals surface area (Å²) in [6.45, 7) is 0.367. The Morgan fingerprint density at radius 1 is 0.952 bits per heavy atom. The predicted octanol–water partition coefficient (Wildman–Crippen LogP) is 3.45. The summed E-state index contributed by atoms with van der Waals surface area (Å²) >= 11 is 0. The second kappa shape index (κ2) is 7.43. The van der Waals surface area contributed by atoms with E-state index in [0.717, 1.165) is 11.1 Å². The number of hydrogen-bond acceptors (Lipinski definition) is 2. The zero-order valence-electron chi connectivity index (χ0n) is 11.6. The van der Waals surface area contributed by atoms with Gasteiger partial charge < -0.3 is 4.74 Å². The number of ether oxygens (including phenoxy) is 1. The zero-order chi connectivity index (χ0) is 15.2. The molecule has 1 unspecified atom stereocenters. The SMILES string of the molecule is COCCS(=O)C(c1ccc(F)cc1)c1ccc(F)cc1. The van der Waals surface area contributed by atoms with Crippen molar-refractivity contribution >= 4 is 10.8 Å². The van der Waals surface area contributed by atoms with Gasteiger partial charge in [-0.15, -0.1) is 0 Å². The summed E-state index contributed by atoms with van der Waals surface area (Å²) in [5.74, 6) is -0.339. The smallest absolute Gasteiger partial charge is 0.123 e. The van der Waals surface area contributed by atoms with Gasteiger partial charge in [0.1, 0.15) is 11.6 Å². The first-order valence-corrected chi connectivity index (χ1v) is 7.87. The van der Waals surface area contributed by atoms with E-state index in [1.54, 1.807) is 31.4 Å². The maximum Gasteiger partial charge on any atom is 0.123 e. The fourth-order valence-corrected chi connectivity index (χ4v) is 3.54. The minimum absolute atomic E-state index is 0.348. The van der Waals surface area contributed by atoms with Crippen molar-refractivity contribution in [1.82, 2.24) is 0 Å². The molecule has 0 bridgehead atoms. The number of benzene rings is 2. The Hall–Kier alpha value is -1.59. The lowest BCUT2D eigenvalue weighted by molar-refractivity contribution is 0.218. The number of halogens is 2. The molecule has 1 atom stereocenters. The van der Waals surface area contributed by atoms with Crippen LogP contribution in [0.1, 0.15) is 16.4 Å². The molecule has 2 aromatic carbocycles. The lowest BCUT2D eigenvalue weighted by atomic mass is 10.0. The Morgan fingerprint density at radius 3 is 1.76 bits per heavy atom. The highest BCUT2D eigenvalue weighted by molar-refractivity contribution is 7.85. The van der Waals surface area contributed by atoms with Gasteiger partial charge >= 0.3 is 0 Å². The molecule has 0 fully saturated rings. The predicted molar refractivity (Wildman–Crippen MR) is 79.5 cm³/mol. The lowest BCUT2D eigenvalue weighted by Crippen LogP contribution is -2.14. The molecule has 0 aliphatic carbocycles. The van der Waals surface area contributed by atoms with Crippen LogP contribution < -0.4 is 0 Å². The number of methoxy groups -OCH3 is 1. The van der Waals surface area contributed by atoms with Crippen LogP contribution in [0.15, 0.2) is 48.5 Å². The molecule has 5 heteroatoms. The van der Waals surface area contributed by atoms with Gasteiger partial charge in [-0.25, -0.2) is 8.78 Å². The maximum atomic E-state index is 13.1. The van der Waals surface area contributed by atoms with Crippen molar-refractivity contribution in [1.29, 1.82) is 0 Å². The monoisotopic (exact) mass is 310 g/mol. The van der Waals surface area contributed by atoms with Gasteiger partial charge in [-0.1, -0.05) is 24.3 Å². The van der Waals surface area contributed by atoms with E-state index in [4.69, 9.17) is 4.74 Å². The third-order valence-electron chi connectivity index (χ3n) is 3.10. The highest BCUT2D eigenvalue weighted by Crippen LogP contribution is 2.28. The Labute approximate surface area is 125 Å². The van der Waals surface area contributed by atoms with Crippen molar-refractivity contribution < 1.29 is 17.7 Å². The van der Waals surface area contributed by atoms with Gasteiger partial charge in [-0.3, -0.25) is 4.21 Å². The van der Waals surface area contributed by atoms with Crippen molar-refractivity contribution in [2.45, 2.75) is 5.25 Å². The Bertz CT molecular complexity index is 551. The molecule has 0 radical (unpaired) electrons. The minimum Gasteiger partial charge on any atom is -0.384 e. The summed E-state index contributed by atoms with van der Waals surface area (Å²) in [5.41, 5.74) is 1.47. The van der Waals surface area contributed by atoms with E-state index in [1.807, 2.05) is 0 Å². The molecule has 2 aromatic rings. The Morgan fingerprint density at radius 2 is 1.38 bits per heavy atom. The molecule has 0 heterocycles. The lowest BCUT2D eigenvalue weighted by Gasteiger charge is -2.17. The highest BCUT2D eigenvalue weighted by atomic mass is 32.2. The van der Waals surface area contributed by atoms with Crippen LogP contribution in [-0.2, 0) is 15.5 Å². The molecule has 0 spiro atoms. The molecule has 21 heavy (non-hydrogen) atoms. The van der Waals surface area contributed by atoms with Gasteiger partial charge in [0.15, 0.2) is 0 Å². The van der Waals surface area contributed by atoms with Crippen molar-refractivity contribution in [3.05, 3.63) is 71.3 Å². The largest absolute Gasteiger partial charge is 0.384 e. The molecule has 0 amide bonds. The van der Waals surface area contributed by atoms with E-state index in [1.165, 1.54) is 24.3 Å². The van der Waals surface area contributed by atoms with Crippen LogP contribution >= 0.6 is 0 Å². The summed E-state index contributed by atoms with van der Waals surface area (Å²) in [4.78, 5) is 0. The van der Waals surface area contributed by atoms with Crippen molar-refractivity contribution in [3.63, 3.8) is 0 Å². The topological polar surface area (TPSA) is 26.3 Å². The Balaban J connectivity index is 2.36. The fraction of sp³-hybridized carbons (Fsp3) is 0.250. The number of hydrogen-bond donors (Lipinski definition) is 0. The molecule has 0 aromatic heterocycles. The third-order valence-corrected chi connectivity index (χ3v) is 4.74. The minimum atomic E-state index is -1.24. The van der Waals surface area contributed by atoms with Gasteiger partial charge in [0.2, 0.25) is 0 Å². The van der Waals surface area contributed by atoms with Crippen molar-refractivity contribution in [3.8, 4) is 0 Å². The van der Waals surface area contributed by atoms with Crippen molar-refractivity contribution in [2.75, 3.05) is 19.5 Å². The summed E-state index contributed by atoms with van der Waals surface area (Å²) in [6.07, 6.45) is 0. The van der Waals surface area contributed by atoms with E-state index < -0.39 is 16.0 Å². The van der Waals surface area contributed by atoms with Gasteiger partial charge in [0, 0.05) is 23.7 Å². The standard InChI is InChI=1S/C16H16F2O2S/c1-20-10-11-21(19)16(12-2-6-14(17)7-3-12)13-4-8-15(18)9-5-13/h2-9,16H,10-11H2,1H3. The molecule has 0 N–H and O–H groups in total. The normalized spacial score (nSPS) is 12.6. The van der Waals surface area contributed by atoms with Crippen LogP contribution in [0.25, 0.3) is 0 Å². The molecule has 2 rings (SSSR count). The first-order valence-electron chi connectivity index (χ1n) is 6.49. The highest BCUT2D eigenvalue weighted by Gasteiger charge is 2.21. The van der Waals surface area contributed by atoms with E-state index in [-0.39, 0.29) is 11.6 Å². The summed E-state index contributed by atoms with van der Waals surface area (Å²) in [7, 11) is 0.301. The van der Waals surface area contributed by atoms with Crippen LogP contribution in [0.5, 0.6) is 0 Å². The molecule has 112 valence electrons. The molecular weight excluding hydrogens is 294 g/mol. The Kier molecular flexibility index (Phi) is 5.59. The molecule has 0 aliphatic heterocycles. The molecule has 2 nitrogen and oxygen atoms in total. The molecule has 0 aliphatic rings. The van der Waals surface area contributed by atoms with Crippen LogP contribution in [0.4, 0.5) is 8.78 Å². The maximum absolute atomic E-state index is 13.1. The quantitative estimate of drug-likeness (QED) is 0.817. The molecule has 0 saturated heterocycles. The first-order chi connectivity index (χ1) is 10.1. The second-order valence-corrected chi connectivity index (χ2v) is 6.20. The van der Waals surface area contributed by atoms with E-state index in [2.05, 4.69) is 0 Å².